The van der Waals surface area contributed by atoms with Crippen molar-refractivity contribution in [3.8, 4) is 23.0 Å². The molecule has 29 heavy (non-hydrogen) atoms. The van der Waals surface area contributed by atoms with Gasteiger partial charge in [-0.1, -0.05) is 11.8 Å². The van der Waals surface area contributed by atoms with Crippen molar-refractivity contribution in [2.24, 2.45) is 0 Å². The number of aromatic nitrogens is 4. The molecule has 0 amide bonds. The molecule has 0 saturated carbocycles. The van der Waals surface area contributed by atoms with Crippen LogP contribution < -0.4 is 9.47 Å². The van der Waals surface area contributed by atoms with Gasteiger partial charge in [-0.2, -0.15) is 0 Å². The molecular formula is C19H15FN4O4S. The van der Waals surface area contributed by atoms with Crippen LogP contribution in [0.2, 0.25) is 0 Å². The summed E-state index contributed by atoms with van der Waals surface area (Å²) in [7, 11) is 1.60. The highest BCUT2D eigenvalue weighted by molar-refractivity contribution is 7.98. The summed E-state index contributed by atoms with van der Waals surface area (Å²) in [5.41, 5.74) is 0.644. The third-order valence-corrected chi connectivity index (χ3v) is 4.55. The second-order valence-electron chi connectivity index (χ2n) is 5.72. The Bertz CT molecular complexity index is 1070. The van der Waals surface area contributed by atoms with Crippen LogP contribution in [-0.4, -0.2) is 27.5 Å². The van der Waals surface area contributed by atoms with E-state index in [-0.39, 0.29) is 12.4 Å². The standard InChI is InChI=1S/C19H15FN4O4S/c1-25-14-6-8-15(9-7-14)26-10-16-21-24-19(28-16)29-11-17-22-23-18(27-17)12-2-4-13(20)5-3-12/h2-9H,10-11H2,1H3. The fraction of sp³-hybridized carbons (Fsp3) is 0.158. The van der Waals surface area contributed by atoms with Gasteiger partial charge in [0, 0.05) is 5.56 Å². The van der Waals surface area contributed by atoms with Crippen molar-refractivity contribution in [1.29, 1.82) is 0 Å². The third-order valence-electron chi connectivity index (χ3n) is 3.75. The molecule has 2 aromatic heterocycles. The number of halogens is 1. The largest absolute Gasteiger partial charge is 0.497 e. The van der Waals surface area contributed by atoms with E-state index in [1.165, 1.54) is 23.9 Å². The molecule has 4 rings (SSSR count). The maximum absolute atomic E-state index is 13.0. The summed E-state index contributed by atoms with van der Waals surface area (Å²) in [6.45, 7) is 0.148. The van der Waals surface area contributed by atoms with Crippen molar-refractivity contribution in [3.63, 3.8) is 0 Å². The minimum absolute atomic E-state index is 0.148. The predicted molar refractivity (Wildman–Crippen MR) is 101 cm³/mol. The Hall–Kier alpha value is -3.40. The van der Waals surface area contributed by atoms with Gasteiger partial charge in [-0.3, -0.25) is 0 Å². The number of nitrogens with zero attached hydrogens (tertiary/aromatic N) is 4. The van der Waals surface area contributed by atoms with Gasteiger partial charge in [-0.15, -0.1) is 20.4 Å². The summed E-state index contributed by atoms with van der Waals surface area (Å²) in [5, 5.41) is 16.2. The summed E-state index contributed by atoms with van der Waals surface area (Å²) < 4.78 is 34.8. The third kappa shape index (κ3) is 4.91. The van der Waals surface area contributed by atoms with Crippen molar-refractivity contribution in [3.05, 3.63) is 66.1 Å². The second kappa shape index (κ2) is 8.74. The van der Waals surface area contributed by atoms with E-state index in [0.29, 0.717) is 40.0 Å². The van der Waals surface area contributed by atoms with Gasteiger partial charge in [-0.05, 0) is 48.5 Å². The van der Waals surface area contributed by atoms with E-state index in [1.807, 2.05) is 0 Å². The van der Waals surface area contributed by atoms with E-state index < -0.39 is 0 Å². The Morgan fingerprint density at radius 2 is 1.59 bits per heavy atom. The van der Waals surface area contributed by atoms with Gasteiger partial charge in [0.1, 0.15) is 17.3 Å². The average molecular weight is 414 g/mol. The lowest BCUT2D eigenvalue weighted by molar-refractivity contribution is 0.252. The zero-order valence-electron chi connectivity index (χ0n) is 15.2. The average Bonchev–Trinajstić information content (AvgIpc) is 3.41. The summed E-state index contributed by atoms with van der Waals surface area (Å²) >= 11 is 1.26. The quantitative estimate of drug-likeness (QED) is 0.394. The molecule has 2 heterocycles. The molecule has 0 N–H and O–H groups in total. The Balaban J connectivity index is 1.29. The van der Waals surface area contributed by atoms with Gasteiger partial charge in [0.2, 0.25) is 11.8 Å². The smallest absolute Gasteiger partial charge is 0.277 e. The molecule has 10 heteroatoms. The summed E-state index contributed by atoms with van der Waals surface area (Å²) in [5.74, 6) is 2.50. The highest BCUT2D eigenvalue weighted by atomic mass is 32.2. The van der Waals surface area contributed by atoms with Crippen LogP contribution in [0.1, 0.15) is 11.8 Å². The first-order chi connectivity index (χ1) is 14.2. The number of hydrogen-bond donors (Lipinski definition) is 0. The monoisotopic (exact) mass is 414 g/mol. The van der Waals surface area contributed by atoms with E-state index >= 15 is 0 Å². The van der Waals surface area contributed by atoms with Gasteiger partial charge < -0.3 is 18.3 Å². The Morgan fingerprint density at radius 3 is 2.34 bits per heavy atom. The number of hydrogen-bond acceptors (Lipinski definition) is 9. The molecule has 0 fully saturated rings. The van der Waals surface area contributed by atoms with Crippen molar-refractivity contribution in [1.82, 2.24) is 20.4 Å². The molecule has 0 aliphatic carbocycles. The minimum Gasteiger partial charge on any atom is -0.497 e. The molecule has 0 spiro atoms. The number of thioether (sulfide) groups is 1. The predicted octanol–water partition coefficient (Wildman–Crippen LogP) is 4.14. The fourth-order valence-corrected chi connectivity index (χ4v) is 2.93. The molecule has 0 aliphatic rings. The van der Waals surface area contributed by atoms with E-state index in [4.69, 9.17) is 18.3 Å². The van der Waals surface area contributed by atoms with Gasteiger partial charge in [0.05, 0.1) is 12.9 Å². The first-order valence-corrected chi connectivity index (χ1v) is 9.48. The first-order valence-electron chi connectivity index (χ1n) is 8.50. The molecule has 0 unspecified atom stereocenters. The van der Waals surface area contributed by atoms with Gasteiger partial charge in [0.15, 0.2) is 6.61 Å². The topological polar surface area (TPSA) is 96.3 Å². The second-order valence-corrected chi connectivity index (χ2v) is 6.65. The van der Waals surface area contributed by atoms with E-state index in [9.17, 15) is 4.39 Å². The maximum atomic E-state index is 13.0. The van der Waals surface area contributed by atoms with Crippen LogP contribution in [0.15, 0.2) is 62.6 Å². The van der Waals surface area contributed by atoms with Crippen molar-refractivity contribution >= 4 is 11.8 Å². The van der Waals surface area contributed by atoms with E-state index in [0.717, 1.165) is 5.75 Å². The van der Waals surface area contributed by atoms with Crippen LogP contribution in [0.4, 0.5) is 4.39 Å². The minimum atomic E-state index is -0.327. The highest BCUT2D eigenvalue weighted by Crippen LogP contribution is 2.24. The van der Waals surface area contributed by atoms with Gasteiger partial charge in [0.25, 0.3) is 11.1 Å². The lowest BCUT2D eigenvalue weighted by Gasteiger charge is -2.04. The zero-order chi connectivity index (χ0) is 20.1. The number of methoxy groups -OCH3 is 1. The van der Waals surface area contributed by atoms with Gasteiger partial charge >= 0.3 is 0 Å². The fourth-order valence-electron chi connectivity index (χ4n) is 2.32. The van der Waals surface area contributed by atoms with Crippen LogP contribution in [0.5, 0.6) is 11.5 Å². The Labute approximate surface area is 169 Å². The molecule has 0 radical (unpaired) electrons. The van der Waals surface area contributed by atoms with E-state index in [2.05, 4.69) is 20.4 Å². The van der Waals surface area contributed by atoms with Crippen molar-refractivity contribution in [2.45, 2.75) is 17.6 Å². The highest BCUT2D eigenvalue weighted by Gasteiger charge is 2.12. The summed E-state index contributed by atoms with van der Waals surface area (Å²) in [4.78, 5) is 0. The molecule has 148 valence electrons. The number of benzene rings is 2. The number of rotatable bonds is 8. The normalized spacial score (nSPS) is 10.8. The summed E-state index contributed by atoms with van der Waals surface area (Å²) in [6, 6.07) is 13.0. The Kier molecular flexibility index (Phi) is 5.71. The number of ether oxygens (including phenoxy) is 2. The van der Waals surface area contributed by atoms with Crippen LogP contribution >= 0.6 is 11.8 Å². The molecule has 4 aromatic rings. The SMILES string of the molecule is COc1ccc(OCc2nnc(SCc3nnc(-c4ccc(F)cc4)o3)o2)cc1. The van der Waals surface area contributed by atoms with Crippen LogP contribution in [0.25, 0.3) is 11.5 Å². The molecule has 0 saturated heterocycles. The molecule has 0 atom stereocenters. The summed E-state index contributed by atoms with van der Waals surface area (Å²) in [6.07, 6.45) is 0. The first kappa shape index (κ1) is 18.9. The van der Waals surface area contributed by atoms with Crippen molar-refractivity contribution in [2.75, 3.05) is 7.11 Å². The lowest BCUT2D eigenvalue weighted by Crippen LogP contribution is -1.95. The van der Waals surface area contributed by atoms with Gasteiger partial charge in [-0.25, -0.2) is 4.39 Å². The molecule has 2 aromatic carbocycles. The lowest BCUT2D eigenvalue weighted by atomic mass is 10.2. The molecule has 0 bridgehead atoms. The zero-order valence-corrected chi connectivity index (χ0v) is 16.1. The van der Waals surface area contributed by atoms with Crippen LogP contribution in [0.3, 0.4) is 0 Å². The van der Waals surface area contributed by atoms with Crippen LogP contribution in [0, 0.1) is 5.82 Å². The van der Waals surface area contributed by atoms with Crippen molar-refractivity contribution < 1.29 is 22.7 Å². The molecular weight excluding hydrogens is 399 g/mol. The maximum Gasteiger partial charge on any atom is 0.277 e. The van der Waals surface area contributed by atoms with E-state index in [1.54, 1.807) is 43.5 Å². The molecule has 0 aliphatic heterocycles. The molecule has 8 nitrogen and oxygen atoms in total. The Morgan fingerprint density at radius 1 is 0.862 bits per heavy atom. The van der Waals surface area contributed by atoms with Crippen LogP contribution in [-0.2, 0) is 12.4 Å².